The van der Waals surface area contributed by atoms with Gasteiger partial charge in [-0.1, -0.05) is 0 Å². The molecule has 1 saturated heterocycles. The van der Waals surface area contributed by atoms with E-state index in [1.165, 1.54) is 7.11 Å². The van der Waals surface area contributed by atoms with Crippen LogP contribution in [0.1, 0.15) is 27.2 Å². The molecule has 6 heteroatoms. The van der Waals surface area contributed by atoms with Crippen LogP contribution < -0.4 is 5.32 Å². The highest BCUT2D eigenvalue weighted by atomic mass is 16.6. The Morgan fingerprint density at radius 1 is 1.39 bits per heavy atom. The summed E-state index contributed by atoms with van der Waals surface area (Å²) in [5.74, 6) is -0.322. The number of piperazine rings is 1. The van der Waals surface area contributed by atoms with Gasteiger partial charge in [0.25, 0.3) is 0 Å². The van der Waals surface area contributed by atoms with E-state index >= 15 is 0 Å². The maximum atomic E-state index is 12.0. The summed E-state index contributed by atoms with van der Waals surface area (Å²) in [6.45, 7) is 7.29. The van der Waals surface area contributed by atoms with Crippen molar-refractivity contribution in [1.29, 1.82) is 0 Å². The summed E-state index contributed by atoms with van der Waals surface area (Å²) in [6, 6.07) is -0.207. The third-order valence-electron chi connectivity index (χ3n) is 2.61. The number of carbonyl (C=O) groups is 2. The van der Waals surface area contributed by atoms with E-state index in [-0.39, 0.29) is 24.5 Å². The Hall–Kier alpha value is -1.30. The van der Waals surface area contributed by atoms with Crippen LogP contribution >= 0.6 is 0 Å². The molecule has 1 rings (SSSR count). The first-order chi connectivity index (χ1) is 8.33. The van der Waals surface area contributed by atoms with Crippen LogP contribution in [0.2, 0.25) is 0 Å². The van der Waals surface area contributed by atoms with Crippen molar-refractivity contribution in [1.82, 2.24) is 10.2 Å². The van der Waals surface area contributed by atoms with Crippen LogP contribution in [0.3, 0.4) is 0 Å². The van der Waals surface area contributed by atoms with Gasteiger partial charge in [0.05, 0.1) is 19.6 Å². The van der Waals surface area contributed by atoms with Crippen LogP contribution in [-0.4, -0.2) is 55.3 Å². The third kappa shape index (κ3) is 4.52. The van der Waals surface area contributed by atoms with Gasteiger partial charge in [-0.15, -0.1) is 0 Å². The van der Waals surface area contributed by atoms with Gasteiger partial charge in [0.1, 0.15) is 5.60 Å². The Bertz CT molecular complexity index is 312. The molecule has 1 N–H and O–H groups in total. The van der Waals surface area contributed by atoms with Crippen molar-refractivity contribution < 1.29 is 19.1 Å². The lowest BCUT2D eigenvalue weighted by molar-refractivity contribution is -0.142. The van der Waals surface area contributed by atoms with E-state index in [1.54, 1.807) is 4.90 Å². The minimum atomic E-state index is -0.530. The molecule has 104 valence electrons. The van der Waals surface area contributed by atoms with Crippen molar-refractivity contribution in [3.05, 3.63) is 0 Å². The maximum Gasteiger partial charge on any atom is 0.410 e. The van der Waals surface area contributed by atoms with E-state index in [1.807, 2.05) is 20.8 Å². The molecule has 1 aliphatic rings. The number of carbonyl (C=O) groups excluding carboxylic acids is 2. The molecule has 0 spiro atoms. The molecule has 1 heterocycles. The smallest absolute Gasteiger partial charge is 0.410 e. The lowest BCUT2D eigenvalue weighted by atomic mass is 10.1. The monoisotopic (exact) mass is 258 g/mol. The van der Waals surface area contributed by atoms with Crippen LogP contribution in [0.5, 0.6) is 0 Å². The van der Waals surface area contributed by atoms with Gasteiger partial charge in [-0.25, -0.2) is 4.79 Å². The van der Waals surface area contributed by atoms with Gasteiger partial charge < -0.3 is 19.7 Å². The van der Waals surface area contributed by atoms with Gasteiger partial charge in [0, 0.05) is 19.6 Å². The minimum Gasteiger partial charge on any atom is -0.469 e. The van der Waals surface area contributed by atoms with Gasteiger partial charge in [-0.05, 0) is 20.8 Å². The fraction of sp³-hybridized carbons (Fsp3) is 0.833. The van der Waals surface area contributed by atoms with E-state index < -0.39 is 5.60 Å². The maximum absolute atomic E-state index is 12.0. The zero-order valence-electron chi connectivity index (χ0n) is 11.5. The SMILES string of the molecule is COC(=O)C[C@H]1CNCCN1C(=O)OC(C)(C)C. The zero-order valence-corrected chi connectivity index (χ0v) is 11.5. The summed E-state index contributed by atoms with van der Waals surface area (Å²) < 4.78 is 9.97. The number of hydrogen-bond acceptors (Lipinski definition) is 5. The summed E-state index contributed by atoms with van der Waals surface area (Å²) in [7, 11) is 1.34. The Morgan fingerprint density at radius 2 is 2.06 bits per heavy atom. The highest BCUT2D eigenvalue weighted by molar-refractivity contribution is 5.73. The number of ether oxygens (including phenoxy) is 2. The molecule has 6 nitrogen and oxygen atoms in total. The lowest BCUT2D eigenvalue weighted by Crippen LogP contribution is -2.55. The molecule has 0 unspecified atom stereocenters. The van der Waals surface area contributed by atoms with Crippen LogP contribution in [0.4, 0.5) is 4.79 Å². The number of nitrogens with one attached hydrogen (secondary N) is 1. The van der Waals surface area contributed by atoms with E-state index in [2.05, 4.69) is 10.1 Å². The second-order valence-electron chi connectivity index (χ2n) is 5.31. The fourth-order valence-electron chi connectivity index (χ4n) is 1.78. The molecule has 1 atom stereocenters. The van der Waals surface area contributed by atoms with Gasteiger partial charge in [-0.2, -0.15) is 0 Å². The number of nitrogens with zero attached hydrogens (tertiary/aromatic N) is 1. The summed E-state index contributed by atoms with van der Waals surface area (Å²) >= 11 is 0. The summed E-state index contributed by atoms with van der Waals surface area (Å²) in [5.41, 5.74) is -0.530. The van der Waals surface area contributed by atoms with E-state index in [4.69, 9.17) is 4.74 Å². The molecule has 0 aromatic heterocycles. The summed E-state index contributed by atoms with van der Waals surface area (Å²) in [4.78, 5) is 24.9. The van der Waals surface area contributed by atoms with E-state index in [0.29, 0.717) is 19.6 Å². The minimum absolute atomic E-state index is 0.183. The average molecular weight is 258 g/mol. The Kier molecular flexibility index (Phi) is 4.95. The normalized spacial score (nSPS) is 20.4. The molecule has 1 amide bonds. The largest absolute Gasteiger partial charge is 0.469 e. The predicted octanol–water partition coefficient (Wildman–Crippen LogP) is 0.758. The highest BCUT2D eigenvalue weighted by Gasteiger charge is 2.31. The first-order valence-corrected chi connectivity index (χ1v) is 6.10. The third-order valence-corrected chi connectivity index (χ3v) is 2.61. The summed E-state index contributed by atoms with van der Waals surface area (Å²) in [5, 5.41) is 3.15. The second-order valence-corrected chi connectivity index (χ2v) is 5.31. The molecular formula is C12H22N2O4. The molecular weight excluding hydrogens is 236 g/mol. The molecule has 0 aromatic carbocycles. The lowest BCUT2D eigenvalue weighted by Gasteiger charge is -2.36. The first kappa shape index (κ1) is 14.8. The zero-order chi connectivity index (χ0) is 13.8. The number of rotatable bonds is 2. The second kappa shape index (κ2) is 6.04. The van der Waals surface area contributed by atoms with Crippen molar-refractivity contribution in [2.24, 2.45) is 0 Å². The van der Waals surface area contributed by atoms with Crippen LogP contribution in [-0.2, 0) is 14.3 Å². The molecule has 0 aliphatic carbocycles. The van der Waals surface area contributed by atoms with Crippen LogP contribution in [0.15, 0.2) is 0 Å². The molecule has 1 fully saturated rings. The van der Waals surface area contributed by atoms with Crippen molar-refractivity contribution in [3.63, 3.8) is 0 Å². The van der Waals surface area contributed by atoms with Crippen molar-refractivity contribution in [3.8, 4) is 0 Å². The van der Waals surface area contributed by atoms with Crippen LogP contribution in [0, 0.1) is 0 Å². The van der Waals surface area contributed by atoms with Crippen molar-refractivity contribution in [2.75, 3.05) is 26.7 Å². The standard InChI is InChI=1S/C12H22N2O4/c1-12(2,3)18-11(16)14-6-5-13-8-9(14)7-10(15)17-4/h9,13H,5-8H2,1-4H3/t9-/m0/s1. The average Bonchev–Trinajstić information content (AvgIpc) is 2.27. The van der Waals surface area contributed by atoms with Gasteiger partial charge in [-0.3, -0.25) is 4.79 Å². The van der Waals surface area contributed by atoms with E-state index in [0.717, 1.165) is 0 Å². The first-order valence-electron chi connectivity index (χ1n) is 6.10. The Labute approximate surface area is 108 Å². The quantitative estimate of drug-likeness (QED) is 0.741. The molecule has 0 radical (unpaired) electrons. The van der Waals surface area contributed by atoms with Gasteiger partial charge in [0.2, 0.25) is 0 Å². The molecule has 0 saturated carbocycles. The highest BCUT2D eigenvalue weighted by Crippen LogP contribution is 2.15. The Balaban J connectivity index is 2.64. The van der Waals surface area contributed by atoms with Crippen molar-refractivity contribution in [2.45, 2.75) is 38.8 Å². The van der Waals surface area contributed by atoms with Crippen LogP contribution in [0.25, 0.3) is 0 Å². The number of amides is 1. The number of methoxy groups -OCH3 is 1. The number of esters is 1. The molecule has 18 heavy (non-hydrogen) atoms. The number of hydrogen-bond donors (Lipinski definition) is 1. The molecule has 0 bridgehead atoms. The summed E-state index contributed by atoms with van der Waals surface area (Å²) in [6.07, 6.45) is -0.194. The molecule has 1 aliphatic heterocycles. The fourth-order valence-corrected chi connectivity index (χ4v) is 1.78. The topological polar surface area (TPSA) is 67.9 Å². The van der Waals surface area contributed by atoms with E-state index in [9.17, 15) is 9.59 Å². The van der Waals surface area contributed by atoms with Crippen molar-refractivity contribution >= 4 is 12.1 Å². The predicted molar refractivity (Wildman–Crippen MR) is 66.2 cm³/mol. The molecule has 0 aromatic rings. The Morgan fingerprint density at radius 3 is 2.61 bits per heavy atom. The van der Waals surface area contributed by atoms with Gasteiger partial charge >= 0.3 is 12.1 Å². The van der Waals surface area contributed by atoms with Gasteiger partial charge in [0.15, 0.2) is 0 Å².